The van der Waals surface area contributed by atoms with Gasteiger partial charge in [0.05, 0.1) is 0 Å². The van der Waals surface area contributed by atoms with Crippen molar-refractivity contribution >= 4 is 5.78 Å². The molecule has 2 aromatic rings. The second-order valence-corrected chi connectivity index (χ2v) is 5.59. The predicted octanol–water partition coefficient (Wildman–Crippen LogP) is 4.56. The van der Waals surface area contributed by atoms with Crippen molar-refractivity contribution in [2.45, 2.75) is 27.2 Å². The molecule has 0 aliphatic rings. The third-order valence-electron chi connectivity index (χ3n) is 3.28. The van der Waals surface area contributed by atoms with Crippen molar-refractivity contribution < 1.29 is 9.18 Å². The number of ketones is 1. The summed E-state index contributed by atoms with van der Waals surface area (Å²) in [6.07, 6.45) is 1.00. The molecule has 0 N–H and O–H groups in total. The number of hydrogen-bond donors (Lipinski definition) is 0. The van der Waals surface area contributed by atoms with Gasteiger partial charge in [0, 0.05) is 11.1 Å². The molecular weight excluding hydrogens is 251 g/mol. The number of rotatable bonds is 4. The Kier molecular flexibility index (Phi) is 4.33. The van der Waals surface area contributed by atoms with Gasteiger partial charge in [-0.1, -0.05) is 38.1 Å². The molecular formula is C18H19FO. The summed E-state index contributed by atoms with van der Waals surface area (Å²) < 4.78 is 13.2. The smallest absolute Gasteiger partial charge is 0.193 e. The molecule has 20 heavy (non-hydrogen) atoms. The highest BCUT2D eigenvalue weighted by molar-refractivity contribution is 6.09. The topological polar surface area (TPSA) is 17.1 Å². The zero-order chi connectivity index (χ0) is 14.7. The molecule has 0 saturated carbocycles. The fourth-order valence-corrected chi connectivity index (χ4v) is 2.22. The maximum Gasteiger partial charge on any atom is 0.193 e. The molecule has 0 aromatic heterocycles. The van der Waals surface area contributed by atoms with E-state index in [4.69, 9.17) is 0 Å². The van der Waals surface area contributed by atoms with Crippen LogP contribution >= 0.6 is 0 Å². The summed E-state index contributed by atoms with van der Waals surface area (Å²) in [7, 11) is 0. The van der Waals surface area contributed by atoms with E-state index >= 15 is 0 Å². The molecule has 0 unspecified atom stereocenters. The van der Waals surface area contributed by atoms with E-state index in [2.05, 4.69) is 13.8 Å². The number of carbonyl (C=O) groups excluding carboxylic acids is 1. The minimum Gasteiger partial charge on any atom is -0.289 e. The van der Waals surface area contributed by atoms with Crippen LogP contribution in [0.3, 0.4) is 0 Å². The Hall–Kier alpha value is -1.96. The highest BCUT2D eigenvalue weighted by atomic mass is 19.1. The van der Waals surface area contributed by atoms with Gasteiger partial charge < -0.3 is 0 Å². The van der Waals surface area contributed by atoms with Gasteiger partial charge in [0.25, 0.3) is 0 Å². The van der Waals surface area contributed by atoms with E-state index in [0.29, 0.717) is 22.6 Å². The van der Waals surface area contributed by atoms with E-state index in [-0.39, 0.29) is 11.6 Å². The molecule has 0 aliphatic carbocycles. The Bertz CT molecular complexity index is 612. The van der Waals surface area contributed by atoms with Gasteiger partial charge in [-0.25, -0.2) is 4.39 Å². The third kappa shape index (κ3) is 3.32. The van der Waals surface area contributed by atoms with E-state index < -0.39 is 0 Å². The van der Waals surface area contributed by atoms with Crippen molar-refractivity contribution in [1.29, 1.82) is 0 Å². The van der Waals surface area contributed by atoms with E-state index in [9.17, 15) is 9.18 Å². The zero-order valence-electron chi connectivity index (χ0n) is 12.1. The summed E-state index contributed by atoms with van der Waals surface area (Å²) in [5, 5.41) is 0. The fourth-order valence-electron chi connectivity index (χ4n) is 2.22. The molecule has 2 aromatic carbocycles. The zero-order valence-corrected chi connectivity index (χ0v) is 12.1. The standard InChI is InChI=1S/C18H19FO/c1-12(2)10-14-4-6-15(7-5-14)18(20)16-8-9-17(19)13(3)11-16/h4-9,11-12H,10H2,1-3H3. The molecule has 0 amide bonds. The fraction of sp³-hybridized carbons (Fsp3) is 0.278. The minimum atomic E-state index is -0.283. The van der Waals surface area contributed by atoms with Gasteiger partial charge in [-0.15, -0.1) is 0 Å². The average Bonchev–Trinajstić information content (AvgIpc) is 2.41. The van der Waals surface area contributed by atoms with Crippen LogP contribution in [0.2, 0.25) is 0 Å². The van der Waals surface area contributed by atoms with E-state index in [1.54, 1.807) is 13.0 Å². The number of carbonyl (C=O) groups is 1. The summed E-state index contributed by atoms with van der Waals surface area (Å²) in [6, 6.07) is 12.1. The molecule has 104 valence electrons. The van der Waals surface area contributed by atoms with Crippen molar-refractivity contribution in [3.63, 3.8) is 0 Å². The number of benzene rings is 2. The monoisotopic (exact) mass is 270 g/mol. The van der Waals surface area contributed by atoms with Crippen molar-refractivity contribution in [2.24, 2.45) is 5.92 Å². The summed E-state index contributed by atoms with van der Waals surface area (Å²) in [6.45, 7) is 6.00. The highest BCUT2D eigenvalue weighted by Crippen LogP contribution is 2.16. The van der Waals surface area contributed by atoms with Gasteiger partial charge in [-0.05, 0) is 48.6 Å². The molecule has 0 radical (unpaired) electrons. The molecule has 0 aliphatic heterocycles. The average molecular weight is 270 g/mol. The number of hydrogen-bond acceptors (Lipinski definition) is 1. The molecule has 0 heterocycles. The summed E-state index contributed by atoms with van der Waals surface area (Å²) >= 11 is 0. The first-order chi connectivity index (χ1) is 9.47. The maximum absolute atomic E-state index is 13.2. The highest BCUT2D eigenvalue weighted by Gasteiger charge is 2.10. The predicted molar refractivity (Wildman–Crippen MR) is 79.6 cm³/mol. The van der Waals surface area contributed by atoms with Crippen LogP contribution < -0.4 is 0 Å². The van der Waals surface area contributed by atoms with Crippen LogP contribution in [0.5, 0.6) is 0 Å². The van der Waals surface area contributed by atoms with E-state index in [1.165, 1.54) is 17.7 Å². The van der Waals surface area contributed by atoms with Crippen LogP contribution in [0.4, 0.5) is 4.39 Å². The number of halogens is 1. The summed E-state index contributed by atoms with van der Waals surface area (Å²) in [5.41, 5.74) is 2.89. The number of aryl methyl sites for hydroxylation is 1. The first-order valence-electron chi connectivity index (χ1n) is 6.87. The molecule has 0 spiro atoms. The van der Waals surface area contributed by atoms with Crippen molar-refractivity contribution in [1.82, 2.24) is 0 Å². The van der Waals surface area contributed by atoms with Gasteiger partial charge in [-0.3, -0.25) is 4.79 Å². The van der Waals surface area contributed by atoms with Gasteiger partial charge in [-0.2, -0.15) is 0 Å². The lowest BCUT2D eigenvalue weighted by molar-refractivity contribution is 0.103. The van der Waals surface area contributed by atoms with Crippen LogP contribution in [0.15, 0.2) is 42.5 Å². The first-order valence-corrected chi connectivity index (χ1v) is 6.87. The lowest BCUT2D eigenvalue weighted by Crippen LogP contribution is -2.03. The normalized spacial score (nSPS) is 10.8. The van der Waals surface area contributed by atoms with Crippen LogP contribution in [0, 0.1) is 18.7 Å². The SMILES string of the molecule is Cc1cc(C(=O)c2ccc(CC(C)C)cc2)ccc1F. The Morgan fingerprint density at radius 2 is 1.65 bits per heavy atom. The second-order valence-electron chi connectivity index (χ2n) is 5.59. The molecule has 0 bridgehead atoms. The van der Waals surface area contributed by atoms with Gasteiger partial charge in [0.2, 0.25) is 0 Å². The van der Waals surface area contributed by atoms with Crippen LogP contribution in [0.1, 0.15) is 40.9 Å². The molecule has 0 atom stereocenters. The van der Waals surface area contributed by atoms with Crippen molar-refractivity contribution in [3.05, 3.63) is 70.5 Å². The quantitative estimate of drug-likeness (QED) is 0.744. The van der Waals surface area contributed by atoms with Gasteiger partial charge >= 0.3 is 0 Å². The Labute approximate surface area is 119 Å². The third-order valence-corrected chi connectivity index (χ3v) is 3.28. The summed E-state index contributed by atoms with van der Waals surface area (Å²) in [4.78, 5) is 12.3. The molecule has 2 heteroatoms. The van der Waals surface area contributed by atoms with Crippen LogP contribution in [-0.4, -0.2) is 5.78 Å². The Balaban J connectivity index is 2.22. The van der Waals surface area contributed by atoms with Crippen molar-refractivity contribution in [2.75, 3.05) is 0 Å². The van der Waals surface area contributed by atoms with E-state index in [0.717, 1.165) is 6.42 Å². The Morgan fingerprint density at radius 1 is 1.05 bits per heavy atom. The molecule has 0 fully saturated rings. The molecule has 0 saturated heterocycles. The van der Waals surface area contributed by atoms with E-state index in [1.807, 2.05) is 24.3 Å². The molecule has 1 nitrogen and oxygen atoms in total. The largest absolute Gasteiger partial charge is 0.289 e. The Morgan fingerprint density at radius 3 is 2.20 bits per heavy atom. The minimum absolute atomic E-state index is 0.0656. The first kappa shape index (κ1) is 14.4. The van der Waals surface area contributed by atoms with Crippen LogP contribution in [0.25, 0.3) is 0 Å². The lowest BCUT2D eigenvalue weighted by atomic mass is 9.98. The van der Waals surface area contributed by atoms with Crippen LogP contribution in [-0.2, 0) is 6.42 Å². The second kappa shape index (κ2) is 6.00. The summed E-state index contributed by atoms with van der Waals surface area (Å²) in [5.74, 6) is 0.245. The van der Waals surface area contributed by atoms with Gasteiger partial charge in [0.15, 0.2) is 5.78 Å². The lowest BCUT2D eigenvalue weighted by Gasteiger charge is -2.07. The van der Waals surface area contributed by atoms with Crippen molar-refractivity contribution in [3.8, 4) is 0 Å². The molecule has 2 rings (SSSR count). The maximum atomic E-state index is 13.2. The van der Waals surface area contributed by atoms with Gasteiger partial charge in [0.1, 0.15) is 5.82 Å².